The summed E-state index contributed by atoms with van der Waals surface area (Å²) in [5.74, 6) is -0.958. The van der Waals surface area contributed by atoms with E-state index in [2.05, 4.69) is 25.0 Å². The fraction of sp³-hybridized carbons (Fsp3) is 0.500. The van der Waals surface area contributed by atoms with Crippen LogP contribution in [0.2, 0.25) is 5.15 Å². The van der Waals surface area contributed by atoms with E-state index in [1.807, 2.05) is 30.3 Å². The Bertz CT molecular complexity index is 1280. The van der Waals surface area contributed by atoms with Gasteiger partial charge in [0.25, 0.3) is 0 Å². The van der Waals surface area contributed by atoms with E-state index in [9.17, 15) is 5.53 Å². The summed E-state index contributed by atoms with van der Waals surface area (Å²) in [4.78, 5) is 15.8. The summed E-state index contributed by atoms with van der Waals surface area (Å²) in [5, 5.41) is 4.32. The van der Waals surface area contributed by atoms with Crippen LogP contribution in [0.4, 0.5) is 0 Å². The summed E-state index contributed by atoms with van der Waals surface area (Å²) in [6.45, 7) is 3.79. The molecule has 1 unspecified atom stereocenters. The normalized spacial score (nSPS) is 34.0. The van der Waals surface area contributed by atoms with E-state index in [4.69, 9.17) is 35.3 Å². The first-order valence-electron chi connectivity index (χ1n) is 11.2. The van der Waals surface area contributed by atoms with Crippen molar-refractivity contribution in [3.05, 3.63) is 64.1 Å². The molecule has 35 heavy (non-hydrogen) atoms. The lowest BCUT2D eigenvalue weighted by Crippen LogP contribution is -2.50. The van der Waals surface area contributed by atoms with E-state index in [1.54, 1.807) is 24.7 Å². The zero-order valence-electron chi connectivity index (χ0n) is 18.8. The van der Waals surface area contributed by atoms with Gasteiger partial charge in [-0.25, -0.2) is 15.0 Å². The first-order chi connectivity index (χ1) is 16.9. The molecule has 6 rings (SSSR count). The van der Waals surface area contributed by atoms with Crippen molar-refractivity contribution >= 4 is 22.8 Å². The van der Waals surface area contributed by atoms with Crippen LogP contribution in [0.5, 0.6) is 0 Å². The maximum Gasteiger partial charge on any atom is 0.184 e. The molecule has 3 aromatic rings. The summed E-state index contributed by atoms with van der Waals surface area (Å²) in [6, 6.07) is 8.81. The lowest BCUT2D eigenvalue weighted by Gasteiger charge is -2.39. The third kappa shape index (κ3) is 3.93. The number of ether oxygens (including phenoxy) is 5. The number of hydrogen-bond donors (Lipinski definition) is 0. The van der Waals surface area contributed by atoms with Crippen LogP contribution in [0.15, 0.2) is 48.1 Å². The Kier molecular flexibility index (Phi) is 5.61. The Labute approximate surface area is 204 Å². The predicted molar refractivity (Wildman–Crippen MR) is 121 cm³/mol. The highest BCUT2D eigenvalue weighted by Crippen LogP contribution is 2.45. The van der Waals surface area contributed by atoms with Gasteiger partial charge in [-0.2, -0.15) is 0 Å². The van der Waals surface area contributed by atoms with Crippen LogP contribution >= 0.6 is 11.6 Å². The van der Waals surface area contributed by atoms with Gasteiger partial charge >= 0.3 is 0 Å². The van der Waals surface area contributed by atoms with Gasteiger partial charge in [-0.3, -0.25) is 4.57 Å². The molecule has 2 aromatic heterocycles. The van der Waals surface area contributed by atoms with E-state index in [1.165, 1.54) is 6.33 Å². The number of imidazole rings is 1. The Morgan fingerprint density at radius 1 is 1.09 bits per heavy atom. The molecule has 0 N–H and O–H groups in total. The molecule has 3 saturated heterocycles. The minimum Gasteiger partial charge on any atom is -0.347 e. The molecule has 0 spiro atoms. The second-order valence-corrected chi connectivity index (χ2v) is 9.35. The van der Waals surface area contributed by atoms with Crippen LogP contribution in [0.25, 0.3) is 21.6 Å². The lowest BCUT2D eigenvalue weighted by molar-refractivity contribution is -0.286. The number of hydrogen-bond acceptors (Lipinski definition) is 9. The molecule has 3 aliphatic heterocycles. The van der Waals surface area contributed by atoms with E-state index in [0.29, 0.717) is 11.2 Å². The minimum absolute atomic E-state index is 0.198. The molecule has 0 bridgehead atoms. The van der Waals surface area contributed by atoms with Gasteiger partial charge in [-0.1, -0.05) is 47.0 Å². The molecule has 3 fully saturated rings. The zero-order valence-corrected chi connectivity index (χ0v) is 19.6. The Morgan fingerprint density at radius 3 is 2.69 bits per heavy atom. The molecule has 0 amide bonds. The highest BCUT2D eigenvalue weighted by Gasteiger charge is 2.57. The standard InChI is InChI=1S/C22H22ClN7O5/c1-22(2)34-16-13(28-29-24)15-12(8-31-21(33-15)11-6-4-3-5-7-11)32-20(17(16)35-22)30-10-27-14-18(23)25-9-26-19(14)30/h3-7,9-10,12-13,15-17,20-21H,8H2,1-2H3/t12-,13-,15-,16-,17-,20-,21?/m1/s1. The maximum atomic E-state index is 9.44. The molecule has 0 aliphatic carbocycles. The maximum absolute atomic E-state index is 9.44. The van der Waals surface area contributed by atoms with Crippen molar-refractivity contribution in [1.82, 2.24) is 19.5 Å². The summed E-state index contributed by atoms with van der Waals surface area (Å²) >= 11 is 6.23. The predicted octanol–water partition coefficient (Wildman–Crippen LogP) is 3.69. The molecular formula is C22H22ClN7O5. The van der Waals surface area contributed by atoms with Crippen LogP contribution in [0.1, 0.15) is 31.9 Å². The monoisotopic (exact) mass is 499 g/mol. The Morgan fingerprint density at radius 2 is 1.89 bits per heavy atom. The second-order valence-electron chi connectivity index (χ2n) is 8.99. The van der Waals surface area contributed by atoms with Gasteiger partial charge < -0.3 is 23.7 Å². The SMILES string of the molecule is CC1(C)O[C@@H]2[C@H](N=[N+]=[N-])[C@@H]3OC(c4ccccc4)OC[C@H]3O[C@@H](n3cnc4c(Cl)ncnc43)[C@@H]2O1. The zero-order chi connectivity index (χ0) is 24.2. The van der Waals surface area contributed by atoms with E-state index in [0.717, 1.165) is 5.56 Å². The van der Waals surface area contributed by atoms with Crippen molar-refractivity contribution in [3.63, 3.8) is 0 Å². The molecule has 7 atom stereocenters. The molecule has 3 aliphatic rings. The fourth-order valence-corrected chi connectivity index (χ4v) is 5.10. The van der Waals surface area contributed by atoms with Crippen LogP contribution in [-0.4, -0.2) is 62.4 Å². The molecule has 0 saturated carbocycles. The van der Waals surface area contributed by atoms with Gasteiger partial charge in [-0.05, 0) is 19.4 Å². The van der Waals surface area contributed by atoms with Gasteiger partial charge in [0, 0.05) is 10.5 Å². The minimum atomic E-state index is -0.958. The number of nitrogens with zero attached hydrogens (tertiary/aromatic N) is 7. The Balaban J connectivity index is 1.43. The van der Waals surface area contributed by atoms with Gasteiger partial charge in [0.1, 0.15) is 36.3 Å². The van der Waals surface area contributed by atoms with Gasteiger partial charge in [0.05, 0.1) is 19.0 Å². The molecule has 182 valence electrons. The van der Waals surface area contributed by atoms with Gasteiger partial charge in [0.2, 0.25) is 0 Å². The summed E-state index contributed by atoms with van der Waals surface area (Å²) < 4.78 is 33.2. The highest BCUT2D eigenvalue weighted by atomic mass is 35.5. The fourth-order valence-electron chi connectivity index (χ4n) is 4.92. The molecule has 13 heteroatoms. The first-order valence-corrected chi connectivity index (χ1v) is 11.5. The van der Waals surface area contributed by atoms with Crippen molar-refractivity contribution in [3.8, 4) is 0 Å². The number of rotatable bonds is 3. The van der Waals surface area contributed by atoms with E-state index in [-0.39, 0.29) is 11.8 Å². The average molecular weight is 500 g/mol. The average Bonchev–Trinajstić information content (AvgIpc) is 3.40. The third-order valence-electron chi connectivity index (χ3n) is 6.34. The second kappa shape index (κ2) is 8.68. The molecule has 0 radical (unpaired) electrons. The summed E-state index contributed by atoms with van der Waals surface area (Å²) in [5.41, 5.74) is 11.2. The van der Waals surface area contributed by atoms with Gasteiger partial charge in [-0.15, -0.1) is 0 Å². The number of benzene rings is 1. The van der Waals surface area contributed by atoms with Crippen LogP contribution < -0.4 is 0 Å². The van der Waals surface area contributed by atoms with E-state index < -0.39 is 48.8 Å². The van der Waals surface area contributed by atoms with Gasteiger partial charge in [0.15, 0.2) is 29.1 Å². The van der Waals surface area contributed by atoms with Crippen molar-refractivity contribution < 1.29 is 23.7 Å². The quantitative estimate of drug-likeness (QED) is 0.230. The van der Waals surface area contributed by atoms with Crippen LogP contribution in [0, 0.1) is 0 Å². The first kappa shape index (κ1) is 22.6. The molecule has 12 nitrogen and oxygen atoms in total. The van der Waals surface area contributed by atoms with Crippen molar-refractivity contribution in [2.24, 2.45) is 5.11 Å². The summed E-state index contributed by atoms with van der Waals surface area (Å²) in [6.07, 6.45) is -1.06. The van der Waals surface area contributed by atoms with Crippen molar-refractivity contribution in [1.29, 1.82) is 0 Å². The lowest BCUT2D eigenvalue weighted by atomic mass is 9.97. The smallest absolute Gasteiger partial charge is 0.184 e. The van der Waals surface area contributed by atoms with Crippen molar-refractivity contribution in [2.75, 3.05) is 6.61 Å². The summed E-state index contributed by atoms with van der Waals surface area (Å²) in [7, 11) is 0. The third-order valence-corrected chi connectivity index (χ3v) is 6.61. The van der Waals surface area contributed by atoms with Crippen LogP contribution in [0.3, 0.4) is 0 Å². The largest absolute Gasteiger partial charge is 0.347 e. The van der Waals surface area contributed by atoms with Crippen LogP contribution in [-0.2, 0) is 23.7 Å². The highest BCUT2D eigenvalue weighted by molar-refractivity contribution is 6.33. The molecule has 5 heterocycles. The number of aromatic nitrogens is 4. The van der Waals surface area contributed by atoms with E-state index >= 15 is 0 Å². The Hall–Kier alpha value is -2.83. The van der Waals surface area contributed by atoms with Crippen molar-refractivity contribution in [2.45, 2.75) is 62.6 Å². The molecular weight excluding hydrogens is 478 g/mol. The number of halogens is 1. The molecule has 1 aromatic carbocycles. The topological polar surface area (TPSA) is 139 Å². The number of azide groups is 1. The number of fused-ring (bicyclic) bond motifs is 3.